The average molecular weight is 574 g/mol. The Morgan fingerprint density at radius 3 is 2.45 bits per heavy atom. The lowest BCUT2D eigenvalue weighted by molar-refractivity contribution is -0.0504. The van der Waals surface area contributed by atoms with Gasteiger partial charge in [0, 0.05) is 38.3 Å². The number of nitrogens with zero attached hydrogens (tertiary/aromatic N) is 2. The molecule has 33 heavy (non-hydrogen) atoms. The van der Waals surface area contributed by atoms with E-state index in [0.717, 1.165) is 44.0 Å². The highest BCUT2D eigenvalue weighted by Crippen LogP contribution is 2.22. The summed E-state index contributed by atoms with van der Waals surface area (Å²) in [6.45, 7) is 7.03. The maximum Gasteiger partial charge on any atom is 0.387 e. The van der Waals surface area contributed by atoms with Crippen LogP contribution in [0.25, 0.3) is 0 Å². The van der Waals surface area contributed by atoms with E-state index in [1.54, 1.807) is 12.1 Å². The van der Waals surface area contributed by atoms with E-state index in [1.165, 1.54) is 5.56 Å². The van der Waals surface area contributed by atoms with Crippen LogP contribution in [0.2, 0.25) is 0 Å². The van der Waals surface area contributed by atoms with Gasteiger partial charge in [-0.15, -0.1) is 24.0 Å². The number of hydrogen-bond donors (Lipinski definition) is 2. The summed E-state index contributed by atoms with van der Waals surface area (Å²) >= 11 is 0. The number of ether oxygens (including phenoxy) is 2. The summed E-state index contributed by atoms with van der Waals surface area (Å²) in [5.41, 5.74) is 4.01. The minimum absolute atomic E-state index is 0. The molecule has 0 saturated carbocycles. The van der Waals surface area contributed by atoms with Crippen molar-refractivity contribution in [1.82, 2.24) is 15.5 Å². The zero-order chi connectivity index (χ0) is 22.8. The molecule has 6 nitrogen and oxygen atoms in total. The summed E-state index contributed by atoms with van der Waals surface area (Å²) in [5.74, 6) is 0.791. The Hall–Kier alpha value is -1.98. The highest BCUT2D eigenvalue weighted by Gasteiger charge is 2.12. The minimum Gasteiger partial charge on any atom is -0.434 e. The summed E-state index contributed by atoms with van der Waals surface area (Å²) in [4.78, 5) is 7.03. The molecule has 1 saturated heterocycles. The molecule has 0 atom stereocenters. The second kappa shape index (κ2) is 14.3. The average Bonchev–Trinajstić information content (AvgIpc) is 2.78. The molecule has 1 fully saturated rings. The Morgan fingerprint density at radius 1 is 1.09 bits per heavy atom. The lowest BCUT2D eigenvalue weighted by Crippen LogP contribution is -2.37. The van der Waals surface area contributed by atoms with E-state index in [4.69, 9.17) is 4.74 Å². The van der Waals surface area contributed by atoms with Crippen molar-refractivity contribution < 1.29 is 18.3 Å². The lowest BCUT2D eigenvalue weighted by atomic mass is 10.1. The van der Waals surface area contributed by atoms with Crippen LogP contribution < -0.4 is 15.4 Å². The van der Waals surface area contributed by atoms with Gasteiger partial charge >= 0.3 is 6.61 Å². The molecule has 0 amide bonds. The number of nitrogens with one attached hydrogen (secondary N) is 2. The molecule has 0 aromatic heterocycles. The fourth-order valence-corrected chi connectivity index (χ4v) is 3.52. The van der Waals surface area contributed by atoms with Crippen LogP contribution in [0.1, 0.15) is 29.2 Å². The monoisotopic (exact) mass is 574 g/mol. The highest BCUT2D eigenvalue weighted by atomic mass is 127. The normalized spacial score (nSPS) is 14.6. The molecule has 3 rings (SSSR count). The van der Waals surface area contributed by atoms with Gasteiger partial charge in [0.25, 0.3) is 0 Å². The molecule has 9 heteroatoms. The number of benzene rings is 2. The maximum absolute atomic E-state index is 12.7. The van der Waals surface area contributed by atoms with Gasteiger partial charge in [0.15, 0.2) is 5.96 Å². The Labute approximate surface area is 211 Å². The Morgan fingerprint density at radius 2 is 1.79 bits per heavy atom. The van der Waals surface area contributed by atoms with Crippen molar-refractivity contribution in [2.45, 2.75) is 40.1 Å². The molecule has 2 aromatic rings. The van der Waals surface area contributed by atoms with E-state index in [1.807, 2.05) is 19.9 Å². The number of rotatable bonds is 9. The number of hydrogen-bond acceptors (Lipinski definition) is 4. The molecule has 0 spiro atoms. The van der Waals surface area contributed by atoms with Crippen molar-refractivity contribution >= 4 is 29.9 Å². The van der Waals surface area contributed by atoms with Crippen LogP contribution in [0.5, 0.6) is 5.75 Å². The standard InChI is InChI=1S/C24H32F2N4O2.HI/c1-3-27-24(29-16-21-14-18(2)4-9-22(21)32-23(25)26)28-15-19-5-7-20(8-6-19)17-30-10-12-31-13-11-30;/h4-9,14,23H,3,10-13,15-17H2,1-2H3,(H2,27,28,29);1H. The zero-order valence-electron chi connectivity index (χ0n) is 19.2. The number of aliphatic imine (C=N–C) groups is 1. The van der Waals surface area contributed by atoms with Crippen molar-refractivity contribution in [1.29, 1.82) is 0 Å². The third kappa shape index (κ3) is 9.42. The van der Waals surface area contributed by atoms with Crippen molar-refractivity contribution in [2.75, 3.05) is 32.8 Å². The molecule has 0 bridgehead atoms. The van der Waals surface area contributed by atoms with Crippen LogP contribution in [0, 0.1) is 6.92 Å². The smallest absolute Gasteiger partial charge is 0.387 e. The molecule has 2 N–H and O–H groups in total. The van der Waals surface area contributed by atoms with E-state index in [2.05, 4.69) is 49.5 Å². The van der Waals surface area contributed by atoms with Crippen molar-refractivity contribution in [3.05, 3.63) is 64.7 Å². The Kier molecular flexibility index (Phi) is 11.8. The summed E-state index contributed by atoms with van der Waals surface area (Å²) in [5, 5.41) is 6.40. The number of alkyl halides is 2. The van der Waals surface area contributed by atoms with Crippen LogP contribution in [-0.2, 0) is 24.4 Å². The van der Waals surface area contributed by atoms with Gasteiger partial charge in [0.2, 0.25) is 0 Å². The molecular formula is C24H33F2IN4O2. The van der Waals surface area contributed by atoms with Crippen molar-refractivity contribution in [2.24, 2.45) is 4.99 Å². The van der Waals surface area contributed by atoms with Gasteiger partial charge in [-0.2, -0.15) is 8.78 Å². The van der Waals surface area contributed by atoms with Crippen LogP contribution in [-0.4, -0.2) is 50.3 Å². The SMILES string of the molecule is CCNC(=NCc1ccc(CN2CCOCC2)cc1)NCc1cc(C)ccc1OC(F)F.I. The first-order chi connectivity index (χ1) is 15.5. The number of aryl methyl sites for hydroxylation is 1. The van der Waals surface area contributed by atoms with Gasteiger partial charge in [0.1, 0.15) is 5.75 Å². The number of guanidine groups is 1. The predicted octanol–water partition coefficient (Wildman–Crippen LogP) is 4.30. The Balaban J connectivity index is 0.00000385. The summed E-state index contributed by atoms with van der Waals surface area (Å²) in [6, 6.07) is 13.6. The Bertz CT molecular complexity index is 875. The van der Waals surface area contributed by atoms with Gasteiger partial charge in [0.05, 0.1) is 19.8 Å². The van der Waals surface area contributed by atoms with Crippen LogP contribution in [0.3, 0.4) is 0 Å². The van der Waals surface area contributed by atoms with Crippen LogP contribution in [0.4, 0.5) is 8.78 Å². The van der Waals surface area contributed by atoms with Crippen LogP contribution >= 0.6 is 24.0 Å². The molecular weight excluding hydrogens is 541 g/mol. The molecule has 182 valence electrons. The zero-order valence-corrected chi connectivity index (χ0v) is 21.5. The van der Waals surface area contributed by atoms with Gasteiger partial charge < -0.3 is 20.1 Å². The number of morpholine rings is 1. The van der Waals surface area contributed by atoms with E-state index in [9.17, 15) is 8.78 Å². The van der Waals surface area contributed by atoms with Crippen molar-refractivity contribution in [3.63, 3.8) is 0 Å². The lowest BCUT2D eigenvalue weighted by Gasteiger charge is -2.26. The summed E-state index contributed by atoms with van der Waals surface area (Å²) in [7, 11) is 0. The van der Waals surface area contributed by atoms with Crippen molar-refractivity contribution in [3.8, 4) is 5.75 Å². The first-order valence-corrected chi connectivity index (χ1v) is 11.0. The largest absolute Gasteiger partial charge is 0.434 e. The molecule has 0 unspecified atom stereocenters. The summed E-state index contributed by atoms with van der Waals surface area (Å²) in [6.07, 6.45) is 0. The van der Waals surface area contributed by atoms with Gasteiger partial charge in [-0.1, -0.05) is 42.0 Å². The van der Waals surface area contributed by atoms with Gasteiger partial charge in [-0.05, 0) is 31.0 Å². The predicted molar refractivity (Wildman–Crippen MR) is 137 cm³/mol. The molecule has 0 aliphatic carbocycles. The second-order valence-corrected chi connectivity index (χ2v) is 7.74. The molecule has 1 aliphatic heterocycles. The van der Waals surface area contributed by atoms with Crippen LogP contribution in [0.15, 0.2) is 47.5 Å². The third-order valence-electron chi connectivity index (χ3n) is 5.18. The summed E-state index contributed by atoms with van der Waals surface area (Å²) < 4.78 is 35.4. The highest BCUT2D eigenvalue weighted by molar-refractivity contribution is 14.0. The van der Waals surface area contributed by atoms with E-state index in [-0.39, 0.29) is 29.7 Å². The second-order valence-electron chi connectivity index (χ2n) is 7.74. The molecule has 1 aliphatic rings. The van der Waals surface area contributed by atoms with E-state index >= 15 is 0 Å². The topological polar surface area (TPSA) is 58.1 Å². The van der Waals surface area contributed by atoms with E-state index in [0.29, 0.717) is 31.2 Å². The molecule has 1 heterocycles. The first kappa shape index (κ1) is 27.3. The fraction of sp³-hybridized carbons (Fsp3) is 0.458. The quantitative estimate of drug-likeness (QED) is 0.266. The molecule has 2 aromatic carbocycles. The molecule has 0 radical (unpaired) electrons. The first-order valence-electron chi connectivity index (χ1n) is 11.0. The third-order valence-corrected chi connectivity index (χ3v) is 5.18. The van der Waals surface area contributed by atoms with Gasteiger partial charge in [-0.25, -0.2) is 4.99 Å². The minimum atomic E-state index is -2.86. The van der Waals surface area contributed by atoms with E-state index < -0.39 is 6.61 Å². The fourth-order valence-electron chi connectivity index (χ4n) is 3.52. The number of halogens is 3. The van der Waals surface area contributed by atoms with Gasteiger partial charge in [-0.3, -0.25) is 4.90 Å². The maximum atomic E-state index is 12.7.